The summed E-state index contributed by atoms with van der Waals surface area (Å²) in [7, 11) is 0. The fraction of sp³-hybridized carbons (Fsp3) is 0.500. The van der Waals surface area contributed by atoms with Gasteiger partial charge in [-0.1, -0.05) is 37.3 Å². The lowest BCUT2D eigenvalue weighted by molar-refractivity contribution is -0.118. The molecular weight excluding hydrogens is 198 g/mol. The van der Waals surface area contributed by atoms with Crippen molar-refractivity contribution in [3.05, 3.63) is 36.0 Å². The summed E-state index contributed by atoms with van der Waals surface area (Å²) in [6.45, 7) is 6.19. The molecule has 0 radical (unpaired) electrons. The Labute approximate surface area is 98.9 Å². The van der Waals surface area contributed by atoms with E-state index in [1.165, 1.54) is 5.57 Å². The summed E-state index contributed by atoms with van der Waals surface area (Å²) in [6.07, 6.45) is 12.7. The van der Waals surface area contributed by atoms with Gasteiger partial charge >= 0.3 is 0 Å². The molecule has 0 saturated heterocycles. The lowest BCUT2D eigenvalue weighted by Crippen LogP contribution is -2.10. The molecule has 1 amide bonds. The van der Waals surface area contributed by atoms with E-state index in [9.17, 15) is 4.79 Å². The molecule has 0 aliphatic heterocycles. The van der Waals surface area contributed by atoms with E-state index in [4.69, 9.17) is 5.73 Å². The predicted molar refractivity (Wildman–Crippen MR) is 69.9 cm³/mol. The van der Waals surface area contributed by atoms with Crippen molar-refractivity contribution in [2.24, 2.45) is 11.7 Å². The van der Waals surface area contributed by atoms with Crippen LogP contribution in [-0.4, -0.2) is 5.91 Å². The standard InChI is InChI=1S/C14H23NO/c1-4-6-10-13(8-5-2)12(3)9-7-11-14(15)16/h4-6,8,10,12H,7,9,11H2,1-3H3,(H2,15,16)/b6-4-,8-5-,13-10+. The highest BCUT2D eigenvalue weighted by atomic mass is 16.1. The molecule has 0 saturated carbocycles. The van der Waals surface area contributed by atoms with Crippen molar-refractivity contribution in [2.75, 3.05) is 0 Å². The summed E-state index contributed by atoms with van der Waals surface area (Å²) in [4.78, 5) is 10.6. The summed E-state index contributed by atoms with van der Waals surface area (Å²) >= 11 is 0. The fourth-order valence-corrected chi connectivity index (χ4v) is 1.53. The first-order valence-corrected chi connectivity index (χ1v) is 5.85. The maximum absolute atomic E-state index is 10.6. The minimum atomic E-state index is -0.211. The van der Waals surface area contributed by atoms with Crippen molar-refractivity contribution in [1.82, 2.24) is 0 Å². The van der Waals surface area contributed by atoms with E-state index in [1.807, 2.05) is 32.1 Å². The summed E-state index contributed by atoms with van der Waals surface area (Å²) in [5, 5.41) is 0. The normalized spacial score (nSPS) is 14.8. The minimum absolute atomic E-state index is 0.211. The predicted octanol–water partition coefficient (Wildman–Crippen LogP) is 3.36. The molecule has 0 spiro atoms. The molecule has 2 heteroatoms. The zero-order valence-corrected chi connectivity index (χ0v) is 10.6. The second-order valence-corrected chi connectivity index (χ2v) is 3.95. The van der Waals surface area contributed by atoms with E-state index in [2.05, 4.69) is 19.1 Å². The van der Waals surface area contributed by atoms with Crippen LogP contribution in [0.1, 0.15) is 40.0 Å². The molecule has 0 fully saturated rings. The monoisotopic (exact) mass is 221 g/mol. The third-order valence-electron chi connectivity index (χ3n) is 2.47. The zero-order valence-electron chi connectivity index (χ0n) is 10.6. The van der Waals surface area contributed by atoms with Gasteiger partial charge in [-0.3, -0.25) is 4.79 Å². The summed E-state index contributed by atoms with van der Waals surface area (Å²) in [5.74, 6) is 0.254. The lowest BCUT2D eigenvalue weighted by Gasteiger charge is -2.11. The Bertz CT molecular complexity index is 287. The molecule has 1 unspecified atom stereocenters. The second kappa shape index (κ2) is 8.96. The number of primary amides is 1. The van der Waals surface area contributed by atoms with Gasteiger partial charge in [-0.05, 0) is 38.2 Å². The average Bonchev–Trinajstić information content (AvgIpc) is 2.23. The van der Waals surface area contributed by atoms with Crippen LogP contribution in [0.25, 0.3) is 0 Å². The Hall–Kier alpha value is -1.31. The van der Waals surface area contributed by atoms with E-state index < -0.39 is 0 Å². The molecule has 0 rings (SSSR count). The number of hydrogen-bond donors (Lipinski definition) is 1. The topological polar surface area (TPSA) is 43.1 Å². The molecule has 16 heavy (non-hydrogen) atoms. The van der Waals surface area contributed by atoms with E-state index >= 15 is 0 Å². The Balaban J connectivity index is 4.27. The van der Waals surface area contributed by atoms with Gasteiger partial charge in [0.15, 0.2) is 0 Å². The molecule has 2 N–H and O–H groups in total. The summed E-state index contributed by atoms with van der Waals surface area (Å²) in [5.41, 5.74) is 6.41. The Morgan fingerprint density at radius 3 is 2.50 bits per heavy atom. The number of nitrogens with two attached hydrogens (primary N) is 1. The van der Waals surface area contributed by atoms with Gasteiger partial charge in [0.05, 0.1) is 0 Å². The molecule has 0 bridgehead atoms. The highest BCUT2D eigenvalue weighted by molar-refractivity contribution is 5.73. The number of carbonyl (C=O) groups excluding carboxylic acids is 1. The van der Waals surface area contributed by atoms with Gasteiger partial charge < -0.3 is 5.73 Å². The van der Waals surface area contributed by atoms with Crippen LogP contribution in [0.15, 0.2) is 36.0 Å². The smallest absolute Gasteiger partial charge is 0.217 e. The van der Waals surface area contributed by atoms with Gasteiger partial charge in [-0.15, -0.1) is 0 Å². The van der Waals surface area contributed by atoms with E-state index in [0.717, 1.165) is 12.8 Å². The third-order valence-corrected chi connectivity index (χ3v) is 2.47. The van der Waals surface area contributed by atoms with Crippen LogP contribution >= 0.6 is 0 Å². The van der Waals surface area contributed by atoms with Gasteiger partial charge in [0.1, 0.15) is 0 Å². The molecule has 0 aromatic heterocycles. The van der Waals surface area contributed by atoms with Crippen LogP contribution in [0.2, 0.25) is 0 Å². The first kappa shape index (κ1) is 14.7. The van der Waals surface area contributed by atoms with E-state index in [-0.39, 0.29) is 5.91 Å². The fourth-order valence-electron chi connectivity index (χ4n) is 1.53. The maximum atomic E-state index is 10.6. The maximum Gasteiger partial charge on any atom is 0.217 e. The number of amides is 1. The zero-order chi connectivity index (χ0) is 12.4. The summed E-state index contributed by atoms with van der Waals surface area (Å²) in [6, 6.07) is 0. The molecule has 0 aromatic carbocycles. The van der Waals surface area contributed by atoms with E-state index in [0.29, 0.717) is 12.3 Å². The average molecular weight is 221 g/mol. The van der Waals surface area contributed by atoms with Gasteiger partial charge in [-0.25, -0.2) is 0 Å². The van der Waals surface area contributed by atoms with Crippen molar-refractivity contribution in [3.8, 4) is 0 Å². The number of rotatable bonds is 7. The molecular formula is C14H23NO. The molecule has 0 heterocycles. The van der Waals surface area contributed by atoms with Crippen LogP contribution < -0.4 is 5.73 Å². The Morgan fingerprint density at radius 1 is 1.31 bits per heavy atom. The highest BCUT2D eigenvalue weighted by Crippen LogP contribution is 2.19. The molecule has 0 aliphatic carbocycles. The van der Waals surface area contributed by atoms with Crippen LogP contribution in [0.3, 0.4) is 0 Å². The second-order valence-electron chi connectivity index (χ2n) is 3.95. The summed E-state index contributed by atoms with van der Waals surface area (Å²) < 4.78 is 0. The van der Waals surface area contributed by atoms with Crippen molar-refractivity contribution in [3.63, 3.8) is 0 Å². The quantitative estimate of drug-likeness (QED) is 0.658. The largest absolute Gasteiger partial charge is 0.370 e. The highest BCUT2D eigenvalue weighted by Gasteiger charge is 2.06. The van der Waals surface area contributed by atoms with Gasteiger partial charge in [-0.2, -0.15) is 0 Å². The minimum Gasteiger partial charge on any atom is -0.370 e. The van der Waals surface area contributed by atoms with Crippen molar-refractivity contribution >= 4 is 5.91 Å². The first-order valence-electron chi connectivity index (χ1n) is 5.85. The van der Waals surface area contributed by atoms with Gasteiger partial charge in [0, 0.05) is 6.42 Å². The SMILES string of the molecule is C\C=C/C=C(\C=C/C)C(C)CCCC(N)=O. The van der Waals surface area contributed by atoms with E-state index in [1.54, 1.807) is 0 Å². The molecule has 2 nitrogen and oxygen atoms in total. The first-order chi connectivity index (χ1) is 7.61. The Morgan fingerprint density at radius 2 is 2.00 bits per heavy atom. The van der Waals surface area contributed by atoms with Crippen LogP contribution in [0, 0.1) is 5.92 Å². The molecule has 1 atom stereocenters. The third kappa shape index (κ3) is 7.04. The van der Waals surface area contributed by atoms with Gasteiger partial charge in [0.2, 0.25) is 5.91 Å². The molecule has 90 valence electrons. The van der Waals surface area contributed by atoms with Crippen LogP contribution in [0.4, 0.5) is 0 Å². The van der Waals surface area contributed by atoms with Crippen molar-refractivity contribution in [2.45, 2.75) is 40.0 Å². The number of carbonyl (C=O) groups is 1. The van der Waals surface area contributed by atoms with Crippen molar-refractivity contribution < 1.29 is 4.79 Å². The van der Waals surface area contributed by atoms with Crippen LogP contribution in [0.5, 0.6) is 0 Å². The van der Waals surface area contributed by atoms with Crippen molar-refractivity contribution in [1.29, 1.82) is 0 Å². The van der Waals surface area contributed by atoms with Crippen LogP contribution in [-0.2, 0) is 4.79 Å². The lowest BCUT2D eigenvalue weighted by atomic mass is 9.94. The molecule has 0 aliphatic rings. The van der Waals surface area contributed by atoms with Gasteiger partial charge in [0.25, 0.3) is 0 Å². The number of hydrogen-bond acceptors (Lipinski definition) is 1. The molecule has 0 aromatic rings. The Kier molecular flexibility index (Phi) is 8.22. The number of allylic oxidation sites excluding steroid dienone is 6.